The molecule has 21 heavy (non-hydrogen) atoms. The molecule has 0 aromatic heterocycles. The van der Waals surface area contributed by atoms with Crippen molar-refractivity contribution >= 4 is 27.6 Å². The van der Waals surface area contributed by atoms with Crippen molar-refractivity contribution in [3.8, 4) is 5.75 Å². The fraction of sp³-hybridized carbons (Fsp3) is 0.333. The number of nitrogens with one attached hydrogen (secondary N) is 1. The number of carboxylic acids is 1. The van der Waals surface area contributed by atoms with Gasteiger partial charge in [-0.2, -0.15) is 0 Å². The molecule has 0 bridgehead atoms. The van der Waals surface area contributed by atoms with Gasteiger partial charge in [0.15, 0.2) is 6.61 Å². The third-order valence-corrected chi connectivity index (χ3v) is 4.79. The van der Waals surface area contributed by atoms with Crippen molar-refractivity contribution < 1.29 is 27.9 Å². The van der Waals surface area contributed by atoms with Crippen LogP contribution < -0.4 is 10.1 Å². The van der Waals surface area contributed by atoms with Crippen LogP contribution in [0, 0.1) is 0 Å². The Hall–Kier alpha value is -2.13. The largest absolute Gasteiger partial charge is 0.482 e. The molecule has 2 N–H and O–H groups in total. The van der Waals surface area contributed by atoms with Crippen molar-refractivity contribution in [2.24, 2.45) is 0 Å². The van der Waals surface area contributed by atoms with Crippen LogP contribution in [0.1, 0.15) is 6.42 Å². The van der Waals surface area contributed by atoms with E-state index in [9.17, 15) is 18.0 Å². The summed E-state index contributed by atoms with van der Waals surface area (Å²) in [6.45, 7) is -0.255. The lowest BCUT2D eigenvalue weighted by Gasteiger charge is -2.20. The van der Waals surface area contributed by atoms with Gasteiger partial charge in [0, 0.05) is 13.6 Å². The van der Waals surface area contributed by atoms with E-state index in [4.69, 9.17) is 9.84 Å². The predicted octanol–water partition coefficient (Wildman–Crippen LogP) is 0.113. The number of rotatable bonds is 5. The minimum Gasteiger partial charge on any atom is -0.482 e. The van der Waals surface area contributed by atoms with Crippen molar-refractivity contribution in [1.82, 2.24) is 4.31 Å². The number of hydrogen-bond donors (Lipinski definition) is 2. The van der Waals surface area contributed by atoms with Gasteiger partial charge >= 0.3 is 5.97 Å². The third kappa shape index (κ3) is 3.31. The molecule has 0 fully saturated rings. The number of carbonyl (C=O) groups excluding carboxylic acids is 1. The number of anilines is 1. The molecule has 0 spiro atoms. The van der Waals surface area contributed by atoms with Crippen molar-refractivity contribution in [1.29, 1.82) is 0 Å². The first-order valence-corrected chi connectivity index (χ1v) is 7.49. The molecule has 1 aliphatic rings. The van der Waals surface area contributed by atoms with Gasteiger partial charge in [-0.1, -0.05) is 0 Å². The Morgan fingerprint density at radius 2 is 2.19 bits per heavy atom. The zero-order valence-corrected chi connectivity index (χ0v) is 12.0. The summed E-state index contributed by atoms with van der Waals surface area (Å²) in [6, 6.07) is 4.09. The number of fused-ring (bicyclic) bond motifs is 1. The molecule has 0 saturated heterocycles. The standard InChI is InChI=1S/C12H14N2O6S/c1-14(5-4-12(16)17)21(18,19)8-2-3-10-9(6-8)13-11(15)7-20-10/h2-3,6H,4-5,7H2,1H3,(H,13,15)(H,16,17). The Morgan fingerprint density at radius 3 is 2.86 bits per heavy atom. The molecule has 114 valence electrons. The number of sulfonamides is 1. The van der Waals surface area contributed by atoms with Crippen LogP contribution in [0.2, 0.25) is 0 Å². The predicted molar refractivity (Wildman–Crippen MR) is 72.6 cm³/mol. The van der Waals surface area contributed by atoms with Gasteiger partial charge in [0.1, 0.15) is 5.75 Å². The van der Waals surface area contributed by atoms with Crippen LogP contribution in [0.3, 0.4) is 0 Å². The molecule has 0 unspecified atom stereocenters. The lowest BCUT2D eigenvalue weighted by atomic mass is 10.2. The number of carboxylic acid groups (broad SMARTS) is 1. The highest BCUT2D eigenvalue weighted by atomic mass is 32.2. The van der Waals surface area contributed by atoms with E-state index in [-0.39, 0.29) is 36.1 Å². The highest BCUT2D eigenvalue weighted by molar-refractivity contribution is 7.89. The van der Waals surface area contributed by atoms with Crippen molar-refractivity contribution in [2.75, 3.05) is 25.5 Å². The number of aliphatic carboxylic acids is 1. The normalized spacial score (nSPS) is 14.3. The van der Waals surface area contributed by atoms with Crippen LogP contribution in [0.25, 0.3) is 0 Å². The maximum absolute atomic E-state index is 12.3. The van der Waals surface area contributed by atoms with Gasteiger partial charge in [-0.25, -0.2) is 12.7 Å². The van der Waals surface area contributed by atoms with Crippen LogP contribution in [0.15, 0.2) is 23.1 Å². The Bertz CT molecular complexity index is 685. The minimum absolute atomic E-state index is 0.0417. The molecule has 8 nitrogen and oxygen atoms in total. The summed E-state index contributed by atoms with van der Waals surface area (Å²) in [5.41, 5.74) is 0.277. The Morgan fingerprint density at radius 1 is 1.48 bits per heavy atom. The lowest BCUT2D eigenvalue weighted by molar-refractivity contribution is -0.137. The molecule has 2 rings (SSSR count). The van der Waals surface area contributed by atoms with E-state index in [1.165, 1.54) is 25.2 Å². The summed E-state index contributed by atoms with van der Waals surface area (Å²) in [5, 5.41) is 11.1. The fourth-order valence-electron chi connectivity index (χ4n) is 1.78. The molecule has 1 aliphatic heterocycles. The van der Waals surface area contributed by atoms with Crippen molar-refractivity contribution in [2.45, 2.75) is 11.3 Å². The number of nitrogens with zero attached hydrogens (tertiary/aromatic N) is 1. The molecule has 0 aliphatic carbocycles. The number of carbonyl (C=O) groups is 2. The quantitative estimate of drug-likeness (QED) is 0.797. The number of hydrogen-bond acceptors (Lipinski definition) is 5. The van der Waals surface area contributed by atoms with Crippen molar-refractivity contribution in [3.05, 3.63) is 18.2 Å². The number of benzene rings is 1. The summed E-state index contributed by atoms with van der Waals surface area (Å²) >= 11 is 0. The van der Waals surface area contributed by atoms with Crippen LogP contribution >= 0.6 is 0 Å². The van der Waals surface area contributed by atoms with E-state index < -0.39 is 16.0 Å². The van der Waals surface area contributed by atoms with E-state index in [1.807, 2.05) is 0 Å². The van der Waals surface area contributed by atoms with Gasteiger partial charge in [0.2, 0.25) is 10.0 Å². The Kier molecular flexibility index (Phi) is 4.14. The number of amides is 1. The molecular formula is C12H14N2O6S. The van der Waals surface area contributed by atoms with Crippen LogP contribution in [0.5, 0.6) is 5.75 Å². The fourth-order valence-corrected chi connectivity index (χ4v) is 2.97. The monoisotopic (exact) mass is 314 g/mol. The van der Waals surface area contributed by atoms with E-state index >= 15 is 0 Å². The average molecular weight is 314 g/mol. The number of ether oxygens (including phenoxy) is 1. The lowest BCUT2D eigenvalue weighted by Crippen LogP contribution is -2.30. The van der Waals surface area contributed by atoms with Crippen molar-refractivity contribution in [3.63, 3.8) is 0 Å². The van der Waals surface area contributed by atoms with Crippen LogP contribution in [-0.2, 0) is 19.6 Å². The van der Waals surface area contributed by atoms with Gasteiger partial charge in [0.05, 0.1) is 17.0 Å². The first-order valence-electron chi connectivity index (χ1n) is 6.05. The van der Waals surface area contributed by atoms with Gasteiger partial charge < -0.3 is 15.2 Å². The van der Waals surface area contributed by atoms with Crippen LogP contribution in [0.4, 0.5) is 5.69 Å². The molecule has 1 aromatic rings. The Balaban J connectivity index is 2.26. The summed E-state index contributed by atoms with van der Waals surface area (Å²) in [6.07, 6.45) is -0.291. The summed E-state index contributed by atoms with van der Waals surface area (Å²) < 4.78 is 30.7. The molecule has 1 amide bonds. The second-order valence-corrected chi connectivity index (χ2v) is 6.51. The smallest absolute Gasteiger partial charge is 0.304 e. The zero-order chi connectivity index (χ0) is 15.6. The second-order valence-electron chi connectivity index (χ2n) is 4.47. The van der Waals surface area contributed by atoms with Gasteiger partial charge in [-0.05, 0) is 18.2 Å². The third-order valence-electron chi connectivity index (χ3n) is 2.93. The molecule has 1 heterocycles. The van der Waals surface area contributed by atoms with Gasteiger partial charge in [-0.15, -0.1) is 0 Å². The highest BCUT2D eigenvalue weighted by Crippen LogP contribution is 2.30. The molecule has 0 saturated carbocycles. The molecule has 9 heteroatoms. The van der Waals surface area contributed by atoms with Gasteiger partial charge in [-0.3, -0.25) is 9.59 Å². The van der Waals surface area contributed by atoms with E-state index in [0.717, 1.165) is 4.31 Å². The Labute approximate surface area is 121 Å². The first-order chi connectivity index (χ1) is 9.80. The van der Waals surface area contributed by atoms with Gasteiger partial charge in [0.25, 0.3) is 5.91 Å². The molecule has 0 atom stereocenters. The van der Waals surface area contributed by atoms with E-state index in [0.29, 0.717) is 5.75 Å². The maximum atomic E-state index is 12.3. The topological polar surface area (TPSA) is 113 Å². The summed E-state index contributed by atoms with van der Waals surface area (Å²) in [5.74, 6) is -1.05. The maximum Gasteiger partial charge on any atom is 0.304 e. The van der Waals surface area contributed by atoms with E-state index in [2.05, 4.69) is 5.32 Å². The summed E-state index contributed by atoms with van der Waals surface area (Å²) in [7, 11) is -2.52. The molecule has 0 radical (unpaired) electrons. The second kappa shape index (κ2) is 5.70. The minimum atomic E-state index is -3.82. The molecular weight excluding hydrogens is 300 g/mol. The van der Waals surface area contributed by atoms with E-state index in [1.54, 1.807) is 0 Å². The SMILES string of the molecule is CN(CCC(=O)O)S(=O)(=O)c1ccc2c(c1)NC(=O)CO2. The highest BCUT2D eigenvalue weighted by Gasteiger charge is 2.24. The average Bonchev–Trinajstić information content (AvgIpc) is 2.43. The first kappa shape index (κ1) is 15.3. The zero-order valence-electron chi connectivity index (χ0n) is 11.2. The molecule has 1 aromatic carbocycles. The summed E-state index contributed by atoms with van der Waals surface area (Å²) in [4.78, 5) is 21.7. The van der Waals surface area contributed by atoms with Crippen LogP contribution in [-0.4, -0.2) is 49.9 Å².